The molecule has 2 N–H and O–H groups in total. The van der Waals surface area contributed by atoms with Crippen molar-refractivity contribution in [3.05, 3.63) is 170 Å². The van der Waals surface area contributed by atoms with Crippen molar-refractivity contribution < 1.29 is 32.9 Å². The fraction of sp³-hybridized carbons (Fsp3) is 0.603. The van der Waals surface area contributed by atoms with Gasteiger partial charge in [0, 0.05) is 6.42 Å². The molecule has 82 heavy (non-hydrogen) atoms. The average Bonchev–Trinajstić information content (AvgIpc) is 3.47. The first-order chi connectivity index (χ1) is 40.0. The van der Waals surface area contributed by atoms with Gasteiger partial charge in [0.05, 0.1) is 39.9 Å². The predicted octanol–water partition coefficient (Wildman–Crippen LogP) is 20.1. The summed E-state index contributed by atoms with van der Waals surface area (Å²) in [4.78, 5) is 25.5. The van der Waals surface area contributed by atoms with Crippen molar-refractivity contribution in [3.63, 3.8) is 0 Å². The van der Waals surface area contributed by atoms with E-state index >= 15 is 0 Å². The lowest BCUT2D eigenvalue weighted by atomic mass is 10.1. The molecule has 0 radical (unpaired) electrons. The summed E-state index contributed by atoms with van der Waals surface area (Å²) in [5.74, 6) is -0.229. The third kappa shape index (κ3) is 63.4. The Morgan fingerprint density at radius 3 is 1.13 bits per heavy atom. The average molecular weight is 1150 g/mol. The Labute approximate surface area is 504 Å². The van der Waals surface area contributed by atoms with E-state index in [1.807, 2.05) is 27.2 Å². The number of quaternary nitrogens is 1. The van der Waals surface area contributed by atoms with Crippen LogP contribution in [0.1, 0.15) is 232 Å². The molecule has 8 nitrogen and oxygen atoms in total. The number of rotatable bonds is 57. The molecule has 0 aromatic rings. The number of amides is 1. The second-order valence-electron chi connectivity index (χ2n) is 22.4. The fourth-order valence-electron chi connectivity index (χ4n) is 8.37. The van der Waals surface area contributed by atoms with Gasteiger partial charge >= 0.3 is 0 Å². The van der Waals surface area contributed by atoms with Crippen LogP contribution < -0.4 is 10.2 Å². The predicted molar refractivity (Wildman–Crippen MR) is 357 cm³/mol. The minimum absolute atomic E-state index is 0.0201. The summed E-state index contributed by atoms with van der Waals surface area (Å²) in [6.07, 6.45) is 97.4. The fourth-order valence-corrected chi connectivity index (χ4v) is 9.09. The number of carbonyl (C=O) groups excluding carboxylic acids is 1. The zero-order valence-electron chi connectivity index (χ0n) is 52.9. The molecule has 0 aliphatic carbocycles. The van der Waals surface area contributed by atoms with Crippen LogP contribution >= 0.6 is 7.82 Å². The minimum Gasteiger partial charge on any atom is -0.756 e. The van der Waals surface area contributed by atoms with Crippen molar-refractivity contribution in [2.75, 3.05) is 40.9 Å². The van der Waals surface area contributed by atoms with Gasteiger partial charge in [-0.05, 0) is 128 Å². The molecule has 3 unspecified atom stereocenters. The molecule has 0 spiro atoms. The molecule has 0 aliphatic rings. The number of aliphatic hydroxyl groups is 1. The van der Waals surface area contributed by atoms with Crippen molar-refractivity contribution in [1.82, 2.24) is 5.32 Å². The molecule has 0 bridgehead atoms. The number of nitrogens with one attached hydrogen (secondary N) is 1. The minimum atomic E-state index is -4.63. The smallest absolute Gasteiger partial charge is 0.268 e. The van der Waals surface area contributed by atoms with Crippen LogP contribution in [-0.4, -0.2) is 68.5 Å². The highest BCUT2D eigenvalue weighted by atomic mass is 31.2. The largest absolute Gasteiger partial charge is 0.756 e. The lowest BCUT2D eigenvalue weighted by Crippen LogP contribution is -2.45. The highest BCUT2D eigenvalue weighted by molar-refractivity contribution is 7.45. The zero-order chi connectivity index (χ0) is 59.8. The molecular formula is C73H121N2O6P. The Hall–Kier alpha value is -4.14. The Bertz CT molecular complexity index is 1940. The van der Waals surface area contributed by atoms with E-state index in [-0.39, 0.29) is 12.5 Å². The molecule has 1 amide bonds. The molecule has 0 rings (SSSR count). The third-order valence-corrected chi connectivity index (χ3v) is 14.4. The van der Waals surface area contributed by atoms with E-state index in [1.165, 1.54) is 83.5 Å². The quantitative estimate of drug-likeness (QED) is 0.0272. The highest BCUT2D eigenvalue weighted by Crippen LogP contribution is 2.38. The normalized spacial score (nSPS) is 14.9. The summed E-state index contributed by atoms with van der Waals surface area (Å²) in [5.41, 5.74) is 0. The number of nitrogens with zero attached hydrogens (tertiary/aromatic N) is 1. The van der Waals surface area contributed by atoms with Gasteiger partial charge in [-0.25, -0.2) is 0 Å². The summed E-state index contributed by atoms with van der Waals surface area (Å²) in [7, 11) is 1.20. The summed E-state index contributed by atoms with van der Waals surface area (Å²) < 4.78 is 23.3. The van der Waals surface area contributed by atoms with Crippen LogP contribution in [0.5, 0.6) is 0 Å². The van der Waals surface area contributed by atoms with Crippen molar-refractivity contribution in [2.24, 2.45) is 0 Å². The Morgan fingerprint density at radius 2 is 0.756 bits per heavy atom. The maximum absolute atomic E-state index is 13.0. The van der Waals surface area contributed by atoms with E-state index in [1.54, 1.807) is 6.08 Å². The zero-order valence-corrected chi connectivity index (χ0v) is 53.8. The number of hydrogen-bond acceptors (Lipinski definition) is 6. The van der Waals surface area contributed by atoms with Gasteiger partial charge in [0.1, 0.15) is 13.2 Å². The van der Waals surface area contributed by atoms with Crippen LogP contribution in [0.3, 0.4) is 0 Å². The summed E-state index contributed by atoms with van der Waals surface area (Å²) in [6.45, 7) is 4.48. The van der Waals surface area contributed by atoms with Gasteiger partial charge in [0.25, 0.3) is 7.82 Å². The van der Waals surface area contributed by atoms with E-state index < -0.39 is 26.6 Å². The third-order valence-electron chi connectivity index (χ3n) is 13.4. The molecule has 0 aromatic carbocycles. The van der Waals surface area contributed by atoms with Crippen LogP contribution in [0.2, 0.25) is 0 Å². The lowest BCUT2D eigenvalue weighted by molar-refractivity contribution is -0.870. The van der Waals surface area contributed by atoms with Crippen LogP contribution in [-0.2, 0) is 18.4 Å². The van der Waals surface area contributed by atoms with Gasteiger partial charge in [-0.15, -0.1) is 0 Å². The van der Waals surface area contributed by atoms with E-state index in [9.17, 15) is 19.4 Å². The van der Waals surface area contributed by atoms with Crippen molar-refractivity contribution in [2.45, 2.75) is 244 Å². The Balaban J connectivity index is 4.22. The standard InChI is InChI=1S/C73H121N2O6P/c1-6-8-10-12-14-16-18-20-22-24-26-27-28-29-30-31-32-33-34-35-36-37-38-39-40-41-42-43-44-45-46-47-49-51-53-55-57-59-61-63-65-67-73(77)74-71(70-81-82(78,79)80-69-68-75(3,4)5)72(76)66-64-62-60-58-56-54-52-50-48-25-23-21-19-17-15-13-11-9-7-2/h8,10,14,16,20,22,26-27,29-30,32-33,35-36,38-39,41-42,44-45,47-50,56,58,64,66,71-72,76H,6-7,9,11-13,15,17-19,21,23-25,28,31,34,37,40,43,46,51-55,57,59-63,65,67-70H2,1-5H3,(H-,74,77,78,79)/b10-8-,16-14-,22-20-,27-26-,30-29-,33-32-,36-35-,39-38-,42-41-,45-44-,49-47-,50-48+,58-56+,66-64+. The maximum Gasteiger partial charge on any atom is 0.268 e. The number of hydrogen-bond donors (Lipinski definition) is 2. The van der Waals surface area contributed by atoms with Gasteiger partial charge in [0.15, 0.2) is 0 Å². The van der Waals surface area contributed by atoms with Crippen molar-refractivity contribution >= 4 is 13.7 Å². The molecule has 9 heteroatoms. The van der Waals surface area contributed by atoms with E-state index in [2.05, 4.69) is 177 Å². The highest BCUT2D eigenvalue weighted by Gasteiger charge is 2.23. The number of allylic oxidation sites excluding steroid dienone is 27. The number of phosphoric ester groups is 1. The monoisotopic (exact) mass is 1150 g/mol. The molecular weight excluding hydrogens is 1030 g/mol. The Kier molecular flexibility index (Phi) is 58.3. The number of aliphatic hydroxyl groups excluding tert-OH is 1. The van der Waals surface area contributed by atoms with Gasteiger partial charge < -0.3 is 28.8 Å². The van der Waals surface area contributed by atoms with Crippen molar-refractivity contribution in [3.8, 4) is 0 Å². The first-order valence-electron chi connectivity index (χ1n) is 32.5. The van der Waals surface area contributed by atoms with Crippen LogP contribution in [0.4, 0.5) is 0 Å². The second kappa shape index (κ2) is 61.4. The van der Waals surface area contributed by atoms with Gasteiger partial charge in [-0.3, -0.25) is 9.36 Å². The summed E-state index contributed by atoms with van der Waals surface area (Å²) >= 11 is 0. The van der Waals surface area contributed by atoms with Crippen LogP contribution in [0, 0.1) is 0 Å². The summed E-state index contributed by atoms with van der Waals surface area (Å²) in [5, 5.41) is 13.9. The number of likely N-dealkylation sites (N-methyl/N-ethyl adjacent to an activating group) is 1. The first-order valence-corrected chi connectivity index (χ1v) is 34.0. The SMILES string of the molecule is CC/C=C\C/C=C\C/C=C\C/C=C\C/C=C\C/C=C\C/C=C\C/C=C\C/C=C\C/C=C\C/C=C\CCCCCCCCCC(=O)NC(COP(=O)([O-])OCC[N+](C)(C)C)C(O)/C=C/CC/C=C/CC/C=C/CCCCCCCCCCC. The molecule has 0 heterocycles. The van der Waals surface area contributed by atoms with Gasteiger partial charge in [-0.1, -0.05) is 267 Å². The lowest BCUT2D eigenvalue weighted by Gasteiger charge is -2.29. The van der Waals surface area contributed by atoms with Crippen molar-refractivity contribution in [1.29, 1.82) is 0 Å². The number of carbonyl (C=O) groups is 1. The number of unbranched alkanes of at least 4 members (excludes halogenated alkanes) is 18. The van der Waals surface area contributed by atoms with E-state index in [0.29, 0.717) is 17.4 Å². The second-order valence-corrected chi connectivity index (χ2v) is 23.8. The molecule has 0 fully saturated rings. The van der Waals surface area contributed by atoms with Crippen LogP contribution in [0.15, 0.2) is 170 Å². The topological polar surface area (TPSA) is 108 Å². The van der Waals surface area contributed by atoms with Gasteiger partial charge in [0.2, 0.25) is 5.91 Å². The molecule has 3 atom stereocenters. The number of phosphoric acid groups is 1. The summed E-state index contributed by atoms with van der Waals surface area (Å²) in [6, 6.07) is -0.929. The maximum atomic E-state index is 13.0. The van der Waals surface area contributed by atoms with E-state index in [0.717, 1.165) is 128 Å². The molecule has 0 aliphatic heterocycles. The molecule has 0 aromatic heterocycles. The van der Waals surface area contributed by atoms with E-state index in [4.69, 9.17) is 9.05 Å². The molecule has 464 valence electrons. The van der Waals surface area contributed by atoms with Gasteiger partial charge in [-0.2, -0.15) is 0 Å². The molecule has 0 saturated carbocycles. The Morgan fingerprint density at radius 1 is 0.439 bits per heavy atom. The first kappa shape index (κ1) is 77.9. The van der Waals surface area contributed by atoms with Crippen LogP contribution in [0.25, 0.3) is 0 Å². The molecule has 0 saturated heterocycles.